The van der Waals surface area contributed by atoms with Crippen molar-refractivity contribution in [3.63, 3.8) is 0 Å². The molecule has 1 fully saturated rings. The highest BCUT2D eigenvalue weighted by Gasteiger charge is 2.25. The van der Waals surface area contributed by atoms with Gasteiger partial charge in [0, 0.05) is 30.4 Å². The molecular formula is C13H21N5. The topological polar surface area (TPSA) is 69.2 Å². The third-order valence-electron chi connectivity index (χ3n) is 3.47. The number of hydrogen-bond donors (Lipinski definition) is 2. The minimum Gasteiger partial charge on any atom is -0.384 e. The van der Waals surface area contributed by atoms with E-state index in [9.17, 15) is 0 Å². The van der Waals surface area contributed by atoms with Gasteiger partial charge in [-0.1, -0.05) is 0 Å². The molecule has 0 amide bonds. The number of nitrogens with zero attached hydrogens (tertiary/aromatic N) is 3. The first-order chi connectivity index (χ1) is 8.47. The van der Waals surface area contributed by atoms with Crippen molar-refractivity contribution in [2.24, 2.45) is 5.73 Å². The second kappa shape index (κ2) is 4.94. The van der Waals surface area contributed by atoms with E-state index in [0.717, 1.165) is 36.6 Å². The molecule has 1 unspecified atom stereocenters. The molecule has 0 radical (unpaired) electrons. The predicted octanol–water partition coefficient (Wildman–Crippen LogP) is 0.814. The maximum Gasteiger partial charge on any atom is 0.129 e. The van der Waals surface area contributed by atoms with Crippen LogP contribution in [0.2, 0.25) is 0 Å². The van der Waals surface area contributed by atoms with Crippen LogP contribution in [0.15, 0.2) is 12.1 Å². The quantitative estimate of drug-likeness (QED) is 0.613. The van der Waals surface area contributed by atoms with Crippen LogP contribution in [-0.4, -0.2) is 48.9 Å². The molecule has 5 heteroatoms. The number of pyridine rings is 1. The number of nitrogens with two attached hydrogens (primary N) is 1. The van der Waals surface area contributed by atoms with Crippen molar-refractivity contribution in [1.29, 1.82) is 5.41 Å². The number of nitrogen functional groups attached to an aromatic ring is 1. The molecule has 18 heavy (non-hydrogen) atoms. The maximum absolute atomic E-state index is 7.53. The summed E-state index contributed by atoms with van der Waals surface area (Å²) in [4.78, 5) is 9.07. The van der Waals surface area contributed by atoms with Gasteiger partial charge >= 0.3 is 0 Å². The summed E-state index contributed by atoms with van der Waals surface area (Å²) >= 11 is 0. The number of amidine groups is 1. The molecule has 98 valence electrons. The van der Waals surface area contributed by atoms with Gasteiger partial charge in [-0.3, -0.25) is 5.41 Å². The third-order valence-corrected chi connectivity index (χ3v) is 3.47. The lowest BCUT2D eigenvalue weighted by molar-refractivity contribution is 0.315. The monoisotopic (exact) mass is 247 g/mol. The highest BCUT2D eigenvalue weighted by atomic mass is 15.3. The lowest BCUT2D eigenvalue weighted by Gasteiger charge is -2.21. The lowest BCUT2D eigenvalue weighted by Crippen LogP contribution is -2.31. The van der Waals surface area contributed by atoms with Crippen LogP contribution >= 0.6 is 0 Å². The Morgan fingerprint density at radius 1 is 1.50 bits per heavy atom. The molecular weight excluding hydrogens is 226 g/mol. The SMILES string of the molecule is Cc1cc(C(=N)N)cc(N2CCC(N(C)C)C2)n1. The molecule has 1 saturated heterocycles. The molecule has 1 atom stereocenters. The molecule has 0 spiro atoms. The van der Waals surface area contributed by atoms with E-state index >= 15 is 0 Å². The summed E-state index contributed by atoms with van der Waals surface area (Å²) in [5.74, 6) is 1.04. The number of likely N-dealkylation sites (N-methyl/N-ethyl adjacent to an activating group) is 1. The predicted molar refractivity (Wildman–Crippen MR) is 74.3 cm³/mol. The standard InChI is InChI=1S/C13H21N5/c1-9-6-10(13(14)15)7-12(16-9)18-5-4-11(8-18)17(2)3/h6-7,11H,4-5,8H2,1-3H3,(H3,14,15). The normalized spacial score (nSPS) is 19.6. The van der Waals surface area contributed by atoms with Gasteiger partial charge in [0.25, 0.3) is 0 Å². The zero-order chi connectivity index (χ0) is 13.3. The molecule has 2 rings (SSSR count). The molecule has 5 nitrogen and oxygen atoms in total. The average molecular weight is 247 g/mol. The van der Waals surface area contributed by atoms with Gasteiger partial charge in [-0.2, -0.15) is 0 Å². The van der Waals surface area contributed by atoms with E-state index in [1.165, 1.54) is 0 Å². The van der Waals surface area contributed by atoms with Gasteiger partial charge in [-0.05, 0) is 39.6 Å². The number of hydrogen-bond acceptors (Lipinski definition) is 4. The second-order valence-corrected chi connectivity index (χ2v) is 5.12. The van der Waals surface area contributed by atoms with Crippen molar-refractivity contribution in [3.8, 4) is 0 Å². The van der Waals surface area contributed by atoms with Gasteiger partial charge in [0.05, 0.1) is 0 Å². The minimum absolute atomic E-state index is 0.102. The van der Waals surface area contributed by atoms with Crippen LogP contribution < -0.4 is 10.6 Å². The Morgan fingerprint density at radius 3 is 2.78 bits per heavy atom. The minimum atomic E-state index is 0.102. The Morgan fingerprint density at radius 2 is 2.22 bits per heavy atom. The van der Waals surface area contributed by atoms with E-state index in [1.807, 2.05) is 19.1 Å². The van der Waals surface area contributed by atoms with E-state index in [4.69, 9.17) is 11.1 Å². The zero-order valence-corrected chi connectivity index (χ0v) is 11.3. The number of aryl methyl sites for hydroxylation is 1. The first-order valence-corrected chi connectivity index (χ1v) is 6.22. The Labute approximate surface area is 108 Å². The van der Waals surface area contributed by atoms with E-state index < -0.39 is 0 Å². The van der Waals surface area contributed by atoms with Crippen LogP contribution in [0.1, 0.15) is 17.7 Å². The number of anilines is 1. The summed E-state index contributed by atoms with van der Waals surface area (Å²) in [5, 5.41) is 7.53. The molecule has 0 aliphatic carbocycles. The Hall–Kier alpha value is -1.62. The van der Waals surface area contributed by atoms with Crippen molar-refractivity contribution < 1.29 is 0 Å². The largest absolute Gasteiger partial charge is 0.384 e. The summed E-state index contributed by atoms with van der Waals surface area (Å²) < 4.78 is 0. The fourth-order valence-electron chi connectivity index (χ4n) is 2.34. The fourth-order valence-corrected chi connectivity index (χ4v) is 2.34. The van der Waals surface area contributed by atoms with Gasteiger partial charge in [0.15, 0.2) is 0 Å². The van der Waals surface area contributed by atoms with Crippen molar-refractivity contribution >= 4 is 11.7 Å². The first kappa shape index (κ1) is 12.8. The Bertz CT molecular complexity index is 455. The molecule has 3 N–H and O–H groups in total. The smallest absolute Gasteiger partial charge is 0.129 e. The average Bonchev–Trinajstić information content (AvgIpc) is 2.77. The van der Waals surface area contributed by atoms with Crippen LogP contribution in [0.25, 0.3) is 0 Å². The molecule has 0 saturated carbocycles. The summed E-state index contributed by atoms with van der Waals surface area (Å²) in [7, 11) is 4.22. The van der Waals surface area contributed by atoms with E-state index in [0.29, 0.717) is 6.04 Å². The van der Waals surface area contributed by atoms with Crippen LogP contribution in [0, 0.1) is 12.3 Å². The third kappa shape index (κ3) is 2.61. The van der Waals surface area contributed by atoms with Gasteiger partial charge in [-0.15, -0.1) is 0 Å². The molecule has 0 bridgehead atoms. The van der Waals surface area contributed by atoms with Crippen molar-refractivity contribution in [2.75, 3.05) is 32.1 Å². The molecule has 1 aromatic rings. The molecule has 2 heterocycles. The Balaban J connectivity index is 2.21. The lowest BCUT2D eigenvalue weighted by atomic mass is 10.2. The molecule has 0 aromatic carbocycles. The van der Waals surface area contributed by atoms with E-state index in [1.54, 1.807) is 0 Å². The summed E-state index contributed by atoms with van der Waals surface area (Å²) in [5.41, 5.74) is 7.22. The van der Waals surface area contributed by atoms with Crippen LogP contribution in [-0.2, 0) is 0 Å². The van der Waals surface area contributed by atoms with Gasteiger partial charge in [0.1, 0.15) is 11.7 Å². The van der Waals surface area contributed by atoms with E-state index in [2.05, 4.69) is 28.9 Å². The van der Waals surface area contributed by atoms with Gasteiger partial charge < -0.3 is 15.5 Å². The van der Waals surface area contributed by atoms with Crippen molar-refractivity contribution in [1.82, 2.24) is 9.88 Å². The first-order valence-electron chi connectivity index (χ1n) is 6.22. The summed E-state index contributed by atoms with van der Waals surface area (Å²) in [6, 6.07) is 4.34. The second-order valence-electron chi connectivity index (χ2n) is 5.12. The highest BCUT2D eigenvalue weighted by Crippen LogP contribution is 2.21. The number of rotatable bonds is 3. The van der Waals surface area contributed by atoms with E-state index in [-0.39, 0.29) is 5.84 Å². The molecule has 1 aromatic heterocycles. The summed E-state index contributed by atoms with van der Waals surface area (Å²) in [6.07, 6.45) is 1.15. The van der Waals surface area contributed by atoms with Crippen molar-refractivity contribution in [2.45, 2.75) is 19.4 Å². The molecule has 1 aliphatic heterocycles. The van der Waals surface area contributed by atoms with Crippen LogP contribution in [0.4, 0.5) is 5.82 Å². The number of nitrogens with one attached hydrogen (secondary N) is 1. The number of aromatic nitrogens is 1. The molecule has 1 aliphatic rings. The van der Waals surface area contributed by atoms with Gasteiger partial charge in [-0.25, -0.2) is 4.98 Å². The summed E-state index contributed by atoms with van der Waals surface area (Å²) in [6.45, 7) is 3.94. The highest BCUT2D eigenvalue weighted by molar-refractivity contribution is 5.95. The Kier molecular flexibility index (Phi) is 3.52. The van der Waals surface area contributed by atoms with Gasteiger partial charge in [0.2, 0.25) is 0 Å². The van der Waals surface area contributed by atoms with Crippen LogP contribution in [0.5, 0.6) is 0 Å². The zero-order valence-electron chi connectivity index (χ0n) is 11.3. The van der Waals surface area contributed by atoms with Crippen molar-refractivity contribution in [3.05, 3.63) is 23.4 Å². The maximum atomic E-state index is 7.53. The van der Waals surface area contributed by atoms with Crippen LogP contribution in [0.3, 0.4) is 0 Å². The fraction of sp³-hybridized carbons (Fsp3) is 0.538.